The van der Waals surface area contributed by atoms with E-state index in [1.165, 1.54) is 39.0 Å². The highest BCUT2D eigenvalue weighted by molar-refractivity contribution is 5.93. The van der Waals surface area contributed by atoms with Crippen molar-refractivity contribution in [3.05, 3.63) is 48.7 Å². The molecule has 0 unspecified atom stereocenters. The van der Waals surface area contributed by atoms with Gasteiger partial charge >= 0.3 is 0 Å². The predicted molar refractivity (Wildman–Crippen MR) is 151 cm³/mol. The fourth-order valence-electron chi connectivity index (χ4n) is 6.55. The topological polar surface area (TPSA) is 86.3 Å². The van der Waals surface area contributed by atoms with Gasteiger partial charge in [0, 0.05) is 74.9 Å². The number of piperazine rings is 1. The zero-order valence-corrected chi connectivity index (χ0v) is 22.7. The number of imidazole rings is 1. The Labute approximate surface area is 228 Å². The number of amides is 1. The van der Waals surface area contributed by atoms with Gasteiger partial charge in [0.15, 0.2) is 0 Å². The van der Waals surface area contributed by atoms with Gasteiger partial charge in [-0.3, -0.25) is 14.1 Å². The average Bonchev–Trinajstić information content (AvgIpc) is 3.73. The first-order valence-corrected chi connectivity index (χ1v) is 14.4. The van der Waals surface area contributed by atoms with Gasteiger partial charge in [-0.25, -0.2) is 14.5 Å². The third-order valence-corrected chi connectivity index (χ3v) is 8.93. The van der Waals surface area contributed by atoms with Gasteiger partial charge in [0.25, 0.3) is 5.91 Å². The lowest BCUT2D eigenvalue weighted by Crippen LogP contribution is -2.50. The summed E-state index contributed by atoms with van der Waals surface area (Å²) in [6.45, 7) is 6.39. The molecule has 1 saturated carbocycles. The van der Waals surface area contributed by atoms with Gasteiger partial charge in [-0.2, -0.15) is 0 Å². The summed E-state index contributed by atoms with van der Waals surface area (Å²) in [5.74, 6) is 0.728. The van der Waals surface area contributed by atoms with Crippen molar-refractivity contribution in [2.24, 2.45) is 0 Å². The summed E-state index contributed by atoms with van der Waals surface area (Å²) in [7, 11) is 2.22. The molecule has 1 aliphatic carbocycles. The second-order valence-corrected chi connectivity index (χ2v) is 11.4. The minimum Gasteiger partial charge on any atom is -0.350 e. The molecule has 3 aliphatic rings. The van der Waals surface area contributed by atoms with Gasteiger partial charge in [0.2, 0.25) is 5.95 Å². The molecule has 0 bridgehead atoms. The molecule has 10 nitrogen and oxygen atoms in total. The highest BCUT2D eigenvalue weighted by Crippen LogP contribution is 2.28. The molecule has 0 aromatic carbocycles. The molecule has 1 amide bonds. The highest BCUT2D eigenvalue weighted by Gasteiger charge is 2.28. The van der Waals surface area contributed by atoms with Crippen molar-refractivity contribution in [2.45, 2.75) is 50.6 Å². The molecule has 2 saturated heterocycles. The van der Waals surface area contributed by atoms with Gasteiger partial charge < -0.3 is 15.1 Å². The van der Waals surface area contributed by atoms with E-state index in [0.29, 0.717) is 23.7 Å². The van der Waals surface area contributed by atoms with Crippen molar-refractivity contribution in [1.82, 2.24) is 38.7 Å². The van der Waals surface area contributed by atoms with E-state index in [-0.39, 0.29) is 5.91 Å². The van der Waals surface area contributed by atoms with Crippen LogP contribution in [0.4, 0.5) is 5.95 Å². The minimum absolute atomic E-state index is 0.0514. The number of likely N-dealkylation sites (N-methyl/N-ethyl adjacent to an activating group) is 1. The van der Waals surface area contributed by atoms with Crippen molar-refractivity contribution in [3.8, 4) is 11.1 Å². The van der Waals surface area contributed by atoms with Crippen molar-refractivity contribution in [3.63, 3.8) is 0 Å². The van der Waals surface area contributed by atoms with Crippen LogP contribution in [0.25, 0.3) is 22.3 Å². The molecule has 0 spiro atoms. The molecule has 10 heteroatoms. The van der Waals surface area contributed by atoms with Crippen molar-refractivity contribution < 1.29 is 4.79 Å². The quantitative estimate of drug-likeness (QED) is 0.426. The molecule has 39 heavy (non-hydrogen) atoms. The Bertz CT molecular complexity index is 1470. The molecule has 4 aromatic rings. The lowest BCUT2D eigenvalue weighted by molar-refractivity contribution is 0.0786. The van der Waals surface area contributed by atoms with Crippen LogP contribution in [0.2, 0.25) is 0 Å². The van der Waals surface area contributed by atoms with E-state index in [1.807, 2.05) is 44.5 Å². The van der Waals surface area contributed by atoms with Crippen LogP contribution >= 0.6 is 0 Å². The molecule has 2 aliphatic heterocycles. The van der Waals surface area contributed by atoms with Gasteiger partial charge in [-0.1, -0.05) is 0 Å². The summed E-state index contributed by atoms with van der Waals surface area (Å²) < 4.78 is 3.81. The fraction of sp³-hybridized carbons (Fsp3) is 0.517. The molecule has 4 aromatic heterocycles. The van der Waals surface area contributed by atoms with Gasteiger partial charge in [0.1, 0.15) is 11.3 Å². The Morgan fingerprint density at radius 2 is 1.72 bits per heavy atom. The number of likely N-dealkylation sites (tertiary alicyclic amines) is 1. The Kier molecular flexibility index (Phi) is 6.44. The Morgan fingerprint density at radius 1 is 0.923 bits per heavy atom. The maximum atomic E-state index is 13.1. The molecule has 3 fully saturated rings. The van der Waals surface area contributed by atoms with Crippen LogP contribution in [0.5, 0.6) is 0 Å². The van der Waals surface area contributed by atoms with Crippen molar-refractivity contribution >= 4 is 23.0 Å². The van der Waals surface area contributed by atoms with Crippen LogP contribution in [0.1, 0.15) is 49.0 Å². The summed E-state index contributed by atoms with van der Waals surface area (Å²) in [5, 5.41) is 8.38. The standard InChI is InChI=1S/C29H37N9O/c1-34-14-16-35(17-15-34)23-7-5-22(6-8-23)32-29-31-18-25-24(10-13-38(25)33-29)21-4-9-27-30-19-26(37(27)20-21)28(39)36-11-2-3-12-36/h4,9-10,13,18-20,22-23H,2-3,5-8,11-12,14-17H2,1H3,(H,32,33). The molecule has 6 heterocycles. The van der Waals surface area contributed by atoms with E-state index in [2.05, 4.69) is 38.2 Å². The minimum atomic E-state index is 0.0514. The third kappa shape index (κ3) is 4.76. The number of nitrogens with one attached hydrogen (secondary N) is 1. The molecule has 204 valence electrons. The summed E-state index contributed by atoms with van der Waals surface area (Å²) in [4.78, 5) is 29.3. The number of hydrogen-bond donors (Lipinski definition) is 1. The SMILES string of the molecule is CN1CCN(C2CCC(Nc3ncc4c(-c5ccc6ncc(C(=O)N7CCCC7)n6c5)ccn4n3)CC2)CC1. The molecule has 7 rings (SSSR count). The van der Waals surface area contributed by atoms with Crippen LogP contribution in [-0.2, 0) is 0 Å². The maximum absolute atomic E-state index is 13.1. The molecule has 0 radical (unpaired) electrons. The lowest BCUT2D eigenvalue weighted by Gasteiger charge is -2.41. The van der Waals surface area contributed by atoms with Crippen LogP contribution in [-0.4, -0.2) is 103 Å². The monoisotopic (exact) mass is 527 g/mol. The average molecular weight is 528 g/mol. The Hall–Kier alpha value is -3.50. The normalized spacial score (nSPS) is 23.2. The number of carbonyl (C=O) groups excluding carboxylic acids is 1. The summed E-state index contributed by atoms with van der Waals surface area (Å²) in [5.41, 5.74) is 4.36. The summed E-state index contributed by atoms with van der Waals surface area (Å²) >= 11 is 0. The van der Waals surface area contributed by atoms with E-state index in [9.17, 15) is 4.79 Å². The fourth-order valence-corrected chi connectivity index (χ4v) is 6.55. The zero-order chi connectivity index (χ0) is 26.3. The summed E-state index contributed by atoms with van der Waals surface area (Å²) in [6, 6.07) is 7.21. The van der Waals surface area contributed by atoms with Crippen molar-refractivity contribution in [1.29, 1.82) is 0 Å². The first-order chi connectivity index (χ1) is 19.1. The van der Waals surface area contributed by atoms with Gasteiger partial charge in [-0.15, -0.1) is 5.10 Å². The number of anilines is 1. The van der Waals surface area contributed by atoms with Crippen LogP contribution in [0.15, 0.2) is 43.0 Å². The number of aromatic nitrogens is 5. The second-order valence-electron chi connectivity index (χ2n) is 11.4. The number of fused-ring (bicyclic) bond motifs is 2. The zero-order valence-electron chi connectivity index (χ0n) is 22.7. The maximum Gasteiger partial charge on any atom is 0.272 e. The van der Waals surface area contributed by atoms with E-state index in [1.54, 1.807) is 6.20 Å². The van der Waals surface area contributed by atoms with Crippen LogP contribution in [0.3, 0.4) is 0 Å². The third-order valence-electron chi connectivity index (χ3n) is 8.93. The Morgan fingerprint density at radius 3 is 2.51 bits per heavy atom. The van der Waals surface area contributed by atoms with Gasteiger partial charge in [-0.05, 0) is 63.8 Å². The van der Waals surface area contributed by atoms with E-state index in [4.69, 9.17) is 5.10 Å². The smallest absolute Gasteiger partial charge is 0.272 e. The van der Waals surface area contributed by atoms with Crippen LogP contribution < -0.4 is 5.32 Å². The number of carbonyl (C=O) groups is 1. The van der Waals surface area contributed by atoms with Gasteiger partial charge in [0.05, 0.1) is 17.9 Å². The largest absolute Gasteiger partial charge is 0.350 e. The molecular formula is C29H37N9O. The number of pyridine rings is 1. The van der Waals surface area contributed by atoms with E-state index >= 15 is 0 Å². The summed E-state index contributed by atoms with van der Waals surface area (Å²) in [6.07, 6.45) is 14.5. The second kappa shape index (κ2) is 10.2. The first kappa shape index (κ1) is 24.5. The number of nitrogens with zero attached hydrogens (tertiary/aromatic N) is 8. The van der Waals surface area contributed by atoms with Crippen LogP contribution in [0, 0.1) is 0 Å². The highest BCUT2D eigenvalue weighted by atomic mass is 16.2. The molecule has 0 atom stereocenters. The van der Waals surface area contributed by atoms with E-state index < -0.39 is 0 Å². The van der Waals surface area contributed by atoms with Crippen molar-refractivity contribution in [2.75, 3.05) is 51.6 Å². The number of hydrogen-bond acceptors (Lipinski definition) is 7. The van der Waals surface area contributed by atoms with E-state index in [0.717, 1.165) is 61.1 Å². The molecule has 1 N–H and O–H groups in total. The number of rotatable bonds is 5. The predicted octanol–water partition coefficient (Wildman–Crippen LogP) is 3.25. The lowest BCUT2D eigenvalue weighted by atomic mass is 9.90. The first-order valence-electron chi connectivity index (χ1n) is 14.4. The molecular weight excluding hydrogens is 490 g/mol. The Balaban J connectivity index is 1.05.